The summed E-state index contributed by atoms with van der Waals surface area (Å²) in [4.78, 5) is 9.35. The van der Waals surface area contributed by atoms with Crippen molar-refractivity contribution in [3.05, 3.63) is 90.0 Å². The van der Waals surface area contributed by atoms with Crippen molar-refractivity contribution in [3.8, 4) is 0 Å². The van der Waals surface area contributed by atoms with Gasteiger partial charge in [0, 0.05) is 17.6 Å². The molecule has 0 aliphatic rings. The molecule has 4 nitrogen and oxygen atoms in total. The molecular formula is C22H20ClN4-. The fourth-order valence-electron chi connectivity index (χ4n) is 2.81. The van der Waals surface area contributed by atoms with Gasteiger partial charge < -0.3 is 23.0 Å². The number of nitrogens with one attached hydrogen (secondary N) is 2. The molecule has 0 radical (unpaired) electrons. The van der Waals surface area contributed by atoms with E-state index in [0.717, 1.165) is 22.4 Å². The Labute approximate surface area is 165 Å². The van der Waals surface area contributed by atoms with Crippen LogP contribution in [0.3, 0.4) is 0 Å². The highest BCUT2D eigenvalue weighted by Gasteiger charge is 2.08. The first-order chi connectivity index (χ1) is 12.8. The summed E-state index contributed by atoms with van der Waals surface area (Å²) in [6.07, 6.45) is 0. The number of anilines is 3. The Morgan fingerprint density at radius 3 is 2.26 bits per heavy atom. The first-order valence-electron chi connectivity index (χ1n) is 8.66. The third-order valence-electron chi connectivity index (χ3n) is 4.21. The summed E-state index contributed by atoms with van der Waals surface area (Å²) >= 11 is 0. The summed E-state index contributed by atoms with van der Waals surface area (Å²) in [6.45, 7) is 2.79. The minimum absolute atomic E-state index is 0. The van der Waals surface area contributed by atoms with Crippen molar-refractivity contribution in [1.29, 1.82) is 0 Å². The van der Waals surface area contributed by atoms with Gasteiger partial charge in [0.2, 0.25) is 5.95 Å². The second kappa shape index (κ2) is 8.52. The van der Waals surface area contributed by atoms with E-state index in [1.807, 2.05) is 54.6 Å². The van der Waals surface area contributed by atoms with Gasteiger partial charge >= 0.3 is 0 Å². The topological polar surface area (TPSA) is 49.8 Å². The minimum atomic E-state index is 0. The molecule has 0 amide bonds. The molecule has 136 valence electrons. The van der Waals surface area contributed by atoms with Crippen LogP contribution in [0.25, 0.3) is 10.9 Å². The Morgan fingerprint density at radius 2 is 1.48 bits per heavy atom. The van der Waals surface area contributed by atoms with Crippen LogP contribution < -0.4 is 23.0 Å². The Bertz CT molecular complexity index is 1020. The van der Waals surface area contributed by atoms with Crippen LogP contribution >= 0.6 is 0 Å². The smallest absolute Gasteiger partial charge is 0.229 e. The SMILES string of the molecule is Cc1ccc(Nc2nc(NCc3ccccc3)c3ccccc3n2)cc1.[Cl-]. The predicted molar refractivity (Wildman–Crippen MR) is 108 cm³/mol. The van der Waals surface area contributed by atoms with Crippen molar-refractivity contribution in [2.24, 2.45) is 0 Å². The normalized spacial score (nSPS) is 10.3. The maximum Gasteiger partial charge on any atom is 0.229 e. The van der Waals surface area contributed by atoms with E-state index in [4.69, 9.17) is 4.98 Å². The Hall–Kier alpha value is -3.11. The molecule has 0 bridgehead atoms. The average Bonchev–Trinajstić information content (AvgIpc) is 2.69. The van der Waals surface area contributed by atoms with Gasteiger partial charge in [-0.2, -0.15) is 4.98 Å². The Balaban J connectivity index is 0.00000210. The lowest BCUT2D eigenvalue weighted by Gasteiger charge is -2.12. The number of para-hydroxylation sites is 1. The maximum atomic E-state index is 4.70. The number of halogens is 1. The van der Waals surface area contributed by atoms with Gasteiger partial charge in [-0.15, -0.1) is 0 Å². The lowest BCUT2D eigenvalue weighted by molar-refractivity contribution is -0.00000535. The third-order valence-corrected chi connectivity index (χ3v) is 4.21. The van der Waals surface area contributed by atoms with Gasteiger partial charge in [0.1, 0.15) is 5.82 Å². The molecule has 1 heterocycles. The van der Waals surface area contributed by atoms with Crippen LogP contribution in [-0.4, -0.2) is 9.97 Å². The number of hydrogen-bond acceptors (Lipinski definition) is 4. The van der Waals surface area contributed by atoms with Crippen molar-refractivity contribution < 1.29 is 12.4 Å². The van der Waals surface area contributed by atoms with Crippen molar-refractivity contribution in [2.75, 3.05) is 10.6 Å². The van der Waals surface area contributed by atoms with Crippen LogP contribution in [0.4, 0.5) is 17.5 Å². The molecule has 0 unspecified atom stereocenters. The zero-order valence-electron chi connectivity index (χ0n) is 15.0. The molecule has 0 aliphatic heterocycles. The monoisotopic (exact) mass is 375 g/mol. The van der Waals surface area contributed by atoms with E-state index in [1.54, 1.807) is 0 Å². The highest BCUT2D eigenvalue weighted by atomic mass is 35.5. The van der Waals surface area contributed by atoms with Crippen LogP contribution in [0.5, 0.6) is 0 Å². The van der Waals surface area contributed by atoms with E-state index in [2.05, 4.69) is 46.8 Å². The lowest BCUT2D eigenvalue weighted by atomic mass is 10.2. The van der Waals surface area contributed by atoms with Crippen LogP contribution in [0.2, 0.25) is 0 Å². The van der Waals surface area contributed by atoms with Gasteiger partial charge in [-0.3, -0.25) is 0 Å². The molecule has 0 saturated carbocycles. The second-order valence-corrected chi connectivity index (χ2v) is 6.24. The van der Waals surface area contributed by atoms with Gasteiger partial charge in [-0.1, -0.05) is 60.2 Å². The summed E-state index contributed by atoms with van der Waals surface area (Å²) in [5, 5.41) is 7.76. The number of hydrogen-bond donors (Lipinski definition) is 2. The van der Waals surface area contributed by atoms with Crippen LogP contribution in [0.1, 0.15) is 11.1 Å². The number of aryl methyl sites for hydroxylation is 1. The van der Waals surface area contributed by atoms with E-state index < -0.39 is 0 Å². The number of fused-ring (bicyclic) bond motifs is 1. The second-order valence-electron chi connectivity index (χ2n) is 6.24. The molecule has 5 heteroatoms. The molecule has 0 fully saturated rings. The molecule has 0 spiro atoms. The van der Waals surface area contributed by atoms with E-state index >= 15 is 0 Å². The molecule has 0 aliphatic carbocycles. The molecular weight excluding hydrogens is 356 g/mol. The van der Waals surface area contributed by atoms with Gasteiger partial charge in [0.05, 0.1) is 5.52 Å². The fourth-order valence-corrected chi connectivity index (χ4v) is 2.81. The standard InChI is InChI=1S/C22H20N4.ClH/c1-16-11-13-18(14-12-16)24-22-25-20-10-6-5-9-19(20)21(26-22)23-15-17-7-3-2-4-8-17;/h2-14H,15H2,1H3,(H2,23,24,25,26);1H/p-1. The maximum absolute atomic E-state index is 4.70. The largest absolute Gasteiger partial charge is 1.00 e. The molecule has 2 N–H and O–H groups in total. The van der Waals surface area contributed by atoms with Gasteiger partial charge in [0.25, 0.3) is 0 Å². The summed E-state index contributed by atoms with van der Waals surface area (Å²) in [6, 6.07) is 26.5. The Morgan fingerprint density at radius 1 is 0.778 bits per heavy atom. The molecule has 3 aromatic carbocycles. The van der Waals surface area contributed by atoms with Crippen LogP contribution in [0.15, 0.2) is 78.9 Å². The lowest BCUT2D eigenvalue weighted by Crippen LogP contribution is -3.00. The fraction of sp³-hybridized carbons (Fsp3) is 0.0909. The van der Waals surface area contributed by atoms with Gasteiger partial charge in [-0.25, -0.2) is 4.98 Å². The number of benzene rings is 3. The number of rotatable bonds is 5. The molecule has 27 heavy (non-hydrogen) atoms. The van der Waals surface area contributed by atoms with Gasteiger partial charge in [0.15, 0.2) is 0 Å². The molecule has 0 saturated heterocycles. The summed E-state index contributed by atoms with van der Waals surface area (Å²) in [5.41, 5.74) is 4.32. The highest BCUT2D eigenvalue weighted by molar-refractivity contribution is 5.90. The zero-order chi connectivity index (χ0) is 17.8. The minimum Gasteiger partial charge on any atom is -1.00 e. The molecule has 1 aromatic heterocycles. The zero-order valence-corrected chi connectivity index (χ0v) is 15.7. The molecule has 4 rings (SSSR count). The summed E-state index contributed by atoms with van der Waals surface area (Å²) in [5.74, 6) is 1.41. The first kappa shape index (κ1) is 18.7. The van der Waals surface area contributed by atoms with Crippen molar-refractivity contribution in [2.45, 2.75) is 13.5 Å². The van der Waals surface area contributed by atoms with Crippen molar-refractivity contribution >= 4 is 28.4 Å². The van der Waals surface area contributed by atoms with Crippen molar-refractivity contribution in [1.82, 2.24) is 9.97 Å². The molecule has 0 atom stereocenters. The number of aromatic nitrogens is 2. The summed E-state index contributed by atoms with van der Waals surface area (Å²) in [7, 11) is 0. The third kappa shape index (κ3) is 4.54. The predicted octanol–water partition coefficient (Wildman–Crippen LogP) is 2.30. The average molecular weight is 376 g/mol. The van der Waals surface area contributed by atoms with Crippen LogP contribution in [-0.2, 0) is 6.54 Å². The van der Waals surface area contributed by atoms with Crippen LogP contribution in [0, 0.1) is 6.92 Å². The molecule has 4 aromatic rings. The van der Waals surface area contributed by atoms with E-state index in [9.17, 15) is 0 Å². The van der Waals surface area contributed by atoms with E-state index in [1.165, 1.54) is 11.1 Å². The van der Waals surface area contributed by atoms with Crippen molar-refractivity contribution in [3.63, 3.8) is 0 Å². The first-order valence-corrected chi connectivity index (χ1v) is 8.66. The van der Waals surface area contributed by atoms with E-state index in [-0.39, 0.29) is 12.4 Å². The highest BCUT2D eigenvalue weighted by Crippen LogP contribution is 2.24. The van der Waals surface area contributed by atoms with Gasteiger partial charge in [-0.05, 0) is 36.8 Å². The Kier molecular flexibility index (Phi) is 5.89. The van der Waals surface area contributed by atoms with E-state index in [0.29, 0.717) is 12.5 Å². The number of nitrogens with zero attached hydrogens (tertiary/aromatic N) is 2. The quantitative estimate of drug-likeness (QED) is 0.562. The summed E-state index contributed by atoms with van der Waals surface area (Å²) < 4.78 is 0.